The zero-order valence-corrected chi connectivity index (χ0v) is 23.8. The molecule has 5 aromatic rings. The smallest absolute Gasteiger partial charge is 0.162 e. The Labute approximate surface area is 235 Å². The van der Waals surface area contributed by atoms with Gasteiger partial charge in [-0.15, -0.1) is 22.7 Å². The van der Waals surface area contributed by atoms with E-state index in [2.05, 4.69) is 61.2 Å². The van der Waals surface area contributed by atoms with Crippen molar-refractivity contribution in [3.63, 3.8) is 0 Å². The van der Waals surface area contributed by atoms with Crippen LogP contribution in [0.1, 0.15) is 23.7 Å². The number of H-pyrrole nitrogens is 1. The molecule has 0 saturated carbocycles. The van der Waals surface area contributed by atoms with Crippen LogP contribution < -0.4 is 4.90 Å². The average molecular weight is 561 g/mol. The summed E-state index contributed by atoms with van der Waals surface area (Å²) in [6.07, 6.45) is 3.77. The summed E-state index contributed by atoms with van der Waals surface area (Å²) in [5.41, 5.74) is 3.02. The predicted octanol–water partition coefficient (Wildman–Crippen LogP) is 4.62. The molecule has 2 atom stereocenters. The van der Waals surface area contributed by atoms with E-state index < -0.39 is 0 Å². The van der Waals surface area contributed by atoms with Crippen LogP contribution in [0.5, 0.6) is 0 Å². The molecule has 0 spiro atoms. The van der Waals surface area contributed by atoms with Crippen molar-refractivity contribution in [1.82, 2.24) is 34.9 Å². The highest BCUT2D eigenvalue weighted by Gasteiger charge is 2.30. The largest absolute Gasteiger partial charge is 0.378 e. The van der Waals surface area contributed by atoms with Gasteiger partial charge >= 0.3 is 0 Å². The number of morpholine rings is 1. The highest BCUT2D eigenvalue weighted by molar-refractivity contribution is 7.19. The summed E-state index contributed by atoms with van der Waals surface area (Å²) in [5, 5.41) is 11.6. The summed E-state index contributed by atoms with van der Waals surface area (Å²) in [7, 11) is 0. The number of rotatable bonds is 6. The molecule has 0 amide bonds. The summed E-state index contributed by atoms with van der Waals surface area (Å²) in [4.78, 5) is 23.6. The van der Waals surface area contributed by atoms with E-state index in [9.17, 15) is 0 Å². The number of fused-ring (bicyclic) bond motifs is 2. The van der Waals surface area contributed by atoms with Crippen molar-refractivity contribution < 1.29 is 4.74 Å². The Morgan fingerprint density at radius 2 is 1.92 bits per heavy atom. The van der Waals surface area contributed by atoms with Crippen LogP contribution in [-0.4, -0.2) is 86.4 Å². The van der Waals surface area contributed by atoms with Gasteiger partial charge in [0, 0.05) is 72.2 Å². The summed E-state index contributed by atoms with van der Waals surface area (Å²) in [6.45, 7) is 11.7. The zero-order chi connectivity index (χ0) is 26.3. The van der Waals surface area contributed by atoms with Gasteiger partial charge in [0.1, 0.15) is 5.01 Å². The molecule has 6 heterocycles. The number of thiophene rings is 1. The molecule has 202 valence electrons. The lowest BCUT2D eigenvalue weighted by Gasteiger charge is -2.44. The Balaban J connectivity index is 1.19. The molecule has 1 aromatic carbocycles. The van der Waals surface area contributed by atoms with Crippen LogP contribution in [0.25, 0.3) is 32.5 Å². The molecule has 0 radical (unpaired) electrons. The number of anilines is 1. The van der Waals surface area contributed by atoms with Gasteiger partial charge in [0.2, 0.25) is 0 Å². The fourth-order valence-electron chi connectivity index (χ4n) is 5.93. The van der Waals surface area contributed by atoms with E-state index >= 15 is 0 Å². The van der Waals surface area contributed by atoms with E-state index in [0.29, 0.717) is 12.1 Å². The summed E-state index contributed by atoms with van der Waals surface area (Å²) in [6, 6.07) is 9.38. The van der Waals surface area contributed by atoms with Crippen LogP contribution in [0, 0.1) is 0 Å². The van der Waals surface area contributed by atoms with Gasteiger partial charge in [0.15, 0.2) is 11.6 Å². The molecule has 0 unspecified atom stereocenters. The van der Waals surface area contributed by atoms with Gasteiger partial charge in [-0.1, -0.05) is 12.1 Å². The lowest BCUT2D eigenvalue weighted by Crippen LogP contribution is -2.55. The maximum atomic E-state index is 5.65. The predicted molar refractivity (Wildman–Crippen MR) is 157 cm³/mol. The molecule has 2 aliphatic heterocycles. The molecule has 2 saturated heterocycles. The molecular formula is C28H32N8OS2. The third-order valence-corrected chi connectivity index (χ3v) is 9.67. The Morgan fingerprint density at radius 3 is 2.72 bits per heavy atom. The number of nitrogens with zero attached hydrogens (tertiary/aromatic N) is 7. The fourth-order valence-corrected chi connectivity index (χ4v) is 7.71. The van der Waals surface area contributed by atoms with E-state index in [4.69, 9.17) is 14.7 Å². The van der Waals surface area contributed by atoms with Crippen molar-refractivity contribution in [2.24, 2.45) is 0 Å². The lowest BCUT2D eigenvalue weighted by atomic mass is 10.1. The second kappa shape index (κ2) is 10.5. The van der Waals surface area contributed by atoms with Crippen LogP contribution in [0.2, 0.25) is 0 Å². The molecule has 7 rings (SSSR count). The molecular weight excluding hydrogens is 528 g/mol. The van der Waals surface area contributed by atoms with E-state index in [1.165, 1.54) is 14.6 Å². The van der Waals surface area contributed by atoms with Gasteiger partial charge in [-0.05, 0) is 26.0 Å². The summed E-state index contributed by atoms with van der Waals surface area (Å²) < 4.78 is 6.82. The van der Waals surface area contributed by atoms with Crippen LogP contribution >= 0.6 is 22.7 Å². The number of piperazine rings is 1. The number of thiazole rings is 1. The van der Waals surface area contributed by atoms with Crippen LogP contribution in [0.15, 0.2) is 42.0 Å². The van der Waals surface area contributed by atoms with Gasteiger partial charge in [-0.3, -0.25) is 14.9 Å². The standard InChI is InChI=1S/C28H32N8OS2/c1-18-14-34(15-19(2)36(18)17-25-29-6-11-38-25)16-20-12-24-26(39-20)28(35-7-9-37-10-8-35)32-27(31-24)21-4-3-5-23-22(21)13-30-33-23/h3-6,11-13,18-19H,7-10,14-17H2,1-2H3,(H,30,33)/t18-,19+. The first kappa shape index (κ1) is 25.0. The Hall–Kier alpha value is -2.96. The lowest BCUT2D eigenvalue weighted by molar-refractivity contribution is 0.0294. The van der Waals surface area contributed by atoms with Gasteiger partial charge < -0.3 is 9.64 Å². The van der Waals surface area contributed by atoms with Crippen molar-refractivity contribution in [3.8, 4) is 11.4 Å². The molecule has 0 aliphatic carbocycles. The number of hydrogen-bond acceptors (Lipinski definition) is 10. The highest BCUT2D eigenvalue weighted by atomic mass is 32.1. The fraction of sp³-hybridized carbons (Fsp3) is 0.429. The second-order valence-corrected chi connectivity index (χ2v) is 12.6. The second-order valence-electron chi connectivity index (χ2n) is 10.5. The third kappa shape index (κ3) is 4.93. The number of hydrogen-bond donors (Lipinski definition) is 1. The topological polar surface area (TPSA) is 86.3 Å². The first-order valence-corrected chi connectivity index (χ1v) is 15.2. The minimum absolute atomic E-state index is 0.470. The molecule has 4 aromatic heterocycles. The first-order chi connectivity index (χ1) is 19.1. The minimum atomic E-state index is 0.470. The van der Waals surface area contributed by atoms with Crippen molar-refractivity contribution in [2.45, 2.75) is 39.0 Å². The number of nitrogens with one attached hydrogen (secondary N) is 1. The van der Waals surface area contributed by atoms with E-state index in [1.807, 2.05) is 35.9 Å². The number of aromatic amines is 1. The maximum absolute atomic E-state index is 5.65. The summed E-state index contributed by atoms with van der Waals surface area (Å²) in [5.74, 6) is 1.77. The number of benzene rings is 1. The number of ether oxygens (including phenoxy) is 1. The Bertz CT molecular complexity index is 1560. The van der Waals surface area contributed by atoms with Crippen molar-refractivity contribution >= 4 is 49.6 Å². The maximum Gasteiger partial charge on any atom is 0.162 e. The van der Waals surface area contributed by atoms with E-state index in [-0.39, 0.29) is 0 Å². The van der Waals surface area contributed by atoms with E-state index in [0.717, 1.165) is 86.1 Å². The third-order valence-electron chi connectivity index (χ3n) is 7.80. The molecule has 9 nitrogen and oxygen atoms in total. The summed E-state index contributed by atoms with van der Waals surface area (Å²) >= 11 is 3.58. The zero-order valence-electron chi connectivity index (χ0n) is 22.2. The van der Waals surface area contributed by atoms with Crippen LogP contribution in [0.3, 0.4) is 0 Å². The van der Waals surface area contributed by atoms with E-state index in [1.54, 1.807) is 11.3 Å². The van der Waals surface area contributed by atoms with Crippen molar-refractivity contribution in [1.29, 1.82) is 0 Å². The van der Waals surface area contributed by atoms with Gasteiger partial charge in [-0.25, -0.2) is 15.0 Å². The molecule has 0 bridgehead atoms. The van der Waals surface area contributed by atoms with Crippen molar-refractivity contribution in [3.05, 3.63) is 51.9 Å². The SMILES string of the molecule is C[C@@H]1CN(Cc2cc3nc(-c4cccc5[nH]ncc45)nc(N4CCOCC4)c3s2)C[C@H](C)N1Cc1nccs1. The average Bonchev–Trinajstić information content (AvgIpc) is 3.71. The molecule has 2 aliphatic rings. The molecule has 1 N–H and O–H groups in total. The van der Waals surface area contributed by atoms with Gasteiger partial charge in [0.25, 0.3) is 0 Å². The quantitative estimate of drug-likeness (QED) is 0.322. The van der Waals surface area contributed by atoms with Gasteiger partial charge in [0.05, 0.1) is 41.7 Å². The highest BCUT2D eigenvalue weighted by Crippen LogP contribution is 2.36. The Morgan fingerprint density at radius 1 is 1.08 bits per heavy atom. The minimum Gasteiger partial charge on any atom is -0.378 e. The molecule has 39 heavy (non-hydrogen) atoms. The van der Waals surface area contributed by atoms with Crippen LogP contribution in [0.4, 0.5) is 5.82 Å². The Kier molecular flexibility index (Phi) is 6.77. The number of aromatic nitrogens is 5. The first-order valence-electron chi connectivity index (χ1n) is 13.5. The molecule has 11 heteroatoms. The monoisotopic (exact) mass is 560 g/mol. The van der Waals surface area contributed by atoms with Gasteiger partial charge in [-0.2, -0.15) is 5.10 Å². The van der Waals surface area contributed by atoms with Crippen LogP contribution in [-0.2, 0) is 17.8 Å². The molecule has 2 fully saturated rings. The normalized spacial score (nSPS) is 21.3. The van der Waals surface area contributed by atoms with Crippen molar-refractivity contribution in [2.75, 3.05) is 44.3 Å².